The summed E-state index contributed by atoms with van der Waals surface area (Å²) in [6, 6.07) is 0. The molecular formula is C4H7N4OY-. The van der Waals surface area contributed by atoms with Gasteiger partial charge in [-0.2, -0.15) is 0 Å². The normalized spacial score (nSPS) is 6.60. The van der Waals surface area contributed by atoms with Crippen LogP contribution in [0.5, 0.6) is 0 Å². The van der Waals surface area contributed by atoms with E-state index in [-0.39, 0.29) is 38.5 Å². The summed E-state index contributed by atoms with van der Waals surface area (Å²) in [6.45, 7) is 0. The molecule has 1 aromatic heterocycles. The molecule has 0 aliphatic heterocycles. The van der Waals surface area contributed by atoms with Gasteiger partial charge >= 0.3 is 0 Å². The van der Waals surface area contributed by atoms with Crippen molar-refractivity contribution in [2.75, 3.05) is 0 Å². The molecule has 1 radical (unpaired) electrons. The molecule has 0 aliphatic carbocycles. The van der Waals surface area contributed by atoms with E-state index in [9.17, 15) is 0 Å². The van der Waals surface area contributed by atoms with Gasteiger partial charge in [0, 0.05) is 45.1 Å². The summed E-state index contributed by atoms with van der Waals surface area (Å²) < 4.78 is 0. The van der Waals surface area contributed by atoms with Crippen LogP contribution < -0.4 is 5.90 Å². The van der Waals surface area contributed by atoms with Crippen LogP contribution in [0.1, 0.15) is 0 Å². The molecule has 0 saturated heterocycles. The van der Waals surface area contributed by atoms with Gasteiger partial charge < -0.3 is 15.9 Å². The third kappa shape index (κ3) is 6.03. The molecule has 53 valence electrons. The van der Waals surface area contributed by atoms with Crippen molar-refractivity contribution in [2.24, 2.45) is 5.90 Å². The van der Waals surface area contributed by atoms with Gasteiger partial charge in [-0.25, -0.2) is 5.90 Å². The zero-order chi connectivity index (χ0) is 7.11. The Hall–Kier alpha value is -0.0961. The summed E-state index contributed by atoms with van der Waals surface area (Å²) in [7, 11) is 0. The molecule has 0 aliphatic rings. The number of nitrogens with two attached hydrogens (primary N) is 1. The summed E-state index contributed by atoms with van der Waals surface area (Å²) >= 11 is 0. The molecule has 0 fully saturated rings. The maximum absolute atomic E-state index is 6.82. The Morgan fingerprint density at radius 3 is 2.20 bits per heavy atom. The van der Waals surface area contributed by atoms with E-state index in [0.717, 1.165) is 0 Å². The minimum atomic E-state index is 0. The minimum absolute atomic E-state index is 0. The topological polar surface area (TPSA) is 95.8 Å². The van der Waals surface area contributed by atoms with Gasteiger partial charge in [-0.05, 0) is 5.82 Å². The van der Waals surface area contributed by atoms with Gasteiger partial charge in [-0.1, -0.05) is 6.20 Å². The Labute approximate surface area is 83.7 Å². The molecule has 5 nitrogen and oxygen atoms in total. The summed E-state index contributed by atoms with van der Waals surface area (Å²) in [4.78, 5) is 7.22. The van der Waals surface area contributed by atoms with E-state index in [0.29, 0.717) is 0 Å². The second-order valence-corrected chi connectivity index (χ2v) is 1.09. The number of aromatic nitrogens is 2. The third-order valence-electron chi connectivity index (χ3n) is 0.563. The predicted molar refractivity (Wildman–Crippen MR) is 32.0 cm³/mol. The zero-order valence-electron chi connectivity index (χ0n) is 5.23. The first-order chi connectivity index (χ1) is 4.39. The van der Waals surface area contributed by atoms with Crippen molar-refractivity contribution < 1.29 is 37.9 Å². The van der Waals surface area contributed by atoms with E-state index in [1.54, 1.807) is 0 Å². The first kappa shape index (κ1) is 12.6. The molecule has 0 saturated carbocycles. The molecule has 0 atom stereocenters. The van der Waals surface area contributed by atoms with Crippen molar-refractivity contribution in [2.45, 2.75) is 0 Å². The number of nitrogens with zero attached hydrogens (tertiary/aromatic N) is 2. The van der Waals surface area contributed by atoms with Crippen molar-refractivity contribution in [3.63, 3.8) is 0 Å². The predicted octanol–water partition coefficient (Wildman–Crippen LogP) is 0.492. The number of hydrogen-bond acceptors (Lipinski definition) is 4. The van der Waals surface area contributed by atoms with E-state index in [1.165, 1.54) is 18.6 Å². The smallest absolute Gasteiger partial charge is 0.0253 e. The van der Waals surface area contributed by atoms with E-state index < -0.39 is 0 Å². The van der Waals surface area contributed by atoms with Crippen molar-refractivity contribution in [1.29, 1.82) is 0 Å². The Balaban J connectivity index is 0. The standard InChI is InChI=1S/C4H4N3.H3NO.Y/c5-4-3-6-1-2-7-4;1-2;/h1-3H,(H-,5,7);2H,1H2;/q-1;;. The Morgan fingerprint density at radius 2 is 2.00 bits per heavy atom. The quantitative estimate of drug-likeness (QED) is 0.616. The molecule has 0 unspecified atom stereocenters. The summed E-state index contributed by atoms with van der Waals surface area (Å²) in [5, 5.41) is 6.50. The first-order valence-electron chi connectivity index (χ1n) is 2.13. The fourth-order valence-corrected chi connectivity index (χ4v) is 0.299. The van der Waals surface area contributed by atoms with Gasteiger partial charge in [0.1, 0.15) is 0 Å². The molecule has 4 N–H and O–H groups in total. The van der Waals surface area contributed by atoms with Crippen molar-refractivity contribution >= 4 is 5.82 Å². The van der Waals surface area contributed by atoms with Crippen molar-refractivity contribution in [1.82, 2.24) is 9.97 Å². The minimum Gasteiger partial charge on any atom is -0.481 e. The van der Waals surface area contributed by atoms with E-state index in [2.05, 4.69) is 15.9 Å². The second-order valence-electron chi connectivity index (χ2n) is 1.09. The number of nitrogens with one attached hydrogen (secondary N) is 1. The van der Waals surface area contributed by atoms with Crippen LogP contribution in [-0.2, 0) is 32.7 Å². The van der Waals surface area contributed by atoms with Crippen LogP contribution in [-0.4, -0.2) is 15.2 Å². The van der Waals surface area contributed by atoms with E-state index in [4.69, 9.17) is 10.9 Å². The average Bonchev–Trinajstić information content (AvgIpc) is 1.94. The van der Waals surface area contributed by atoms with Gasteiger partial charge in [0.15, 0.2) is 0 Å². The van der Waals surface area contributed by atoms with E-state index >= 15 is 0 Å². The van der Waals surface area contributed by atoms with Gasteiger partial charge in [0.25, 0.3) is 0 Å². The third-order valence-corrected chi connectivity index (χ3v) is 0.563. The van der Waals surface area contributed by atoms with Gasteiger partial charge in [-0.3, -0.25) is 4.98 Å². The van der Waals surface area contributed by atoms with Crippen LogP contribution in [0.4, 0.5) is 5.82 Å². The SMILES string of the molecule is NO.[NH-]c1cnccn1.[Y]. The number of hydrogen-bond donors (Lipinski definition) is 2. The Bertz CT molecular complexity index is 147. The van der Waals surface area contributed by atoms with Crippen molar-refractivity contribution in [3.8, 4) is 0 Å². The molecule has 1 aromatic rings. The average molecular weight is 216 g/mol. The fourth-order valence-electron chi connectivity index (χ4n) is 0.299. The fraction of sp³-hybridized carbons (Fsp3) is 0. The summed E-state index contributed by atoms with van der Waals surface area (Å²) in [5.74, 6) is 3.71. The van der Waals surface area contributed by atoms with Gasteiger partial charge in [-0.15, -0.1) is 0 Å². The summed E-state index contributed by atoms with van der Waals surface area (Å²) in [5.41, 5.74) is 6.82. The van der Waals surface area contributed by atoms with Crippen molar-refractivity contribution in [3.05, 3.63) is 24.3 Å². The van der Waals surface area contributed by atoms with Crippen LogP contribution in [0.25, 0.3) is 5.73 Å². The van der Waals surface area contributed by atoms with Gasteiger partial charge in [0.2, 0.25) is 0 Å². The molecule has 1 heterocycles. The Morgan fingerprint density at radius 1 is 1.40 bits per heavy atom. The molecular weight excluding hydrogens is 209 g/mol. The first-order valence-corrected chi connectivity index (χ1v) is 2.13. The van der Waals surface area contributed by atoms with Crippen LogP contribution in [0.3, 0.4) is 0 Å². The monoisotopic (exact) mass is 216 g/mol. The molecule has 0 spiro atoms. The summed E-state index contributed by atoms with van der Waals surface area (Å²) in [6.07, 6.45) is 4.42. The number of rotatable bonds is 0. The molecule has 0 amide bonds. The molecule has 6 heteroatoms. The van der Waals surface area contributed by atoms with Gasteiger partial charge in [0.05, 0.1) is 0 Å². The van der Waals surface area contributed by atoms with Crippen LogP contribution in [0, 0.1) is 0 Å². The van der Waals surface area contributed by atoms with Crippen LogP contribution in [0.2, 0.25) is 0 Å². The zero-order valence-corrected chi connectivity index (χ0v) is 8.07. The maximum atomic E-state index is 6.82. The van der Waals surface area contributed by atoms with E-state index in [1.807, 2.05) is 0 Å². The largest absolute Gasteiger partial charge is 0.481 e. The Kier molecular flexibility index (Phi) is 11.2. The molecule has 0 aromatic carbocycles. The maximum Gasteiger partial charge on any atom is 0.0253 e. The van der Waals surface area contributed by atoms with Crippen LogP contribution >= 0.6 is 0 Å². The molecule has 0 bridgehead atoms. The molecule has 10 heavy (non-hydrogen) atoms. The second kappa shape index (κ2) is 8.90. The van der Waals surface area contributed by atoms with Crippen LogP contribution in [0.15, 0.2) is 18.6 Å². The molecule has 1 rings (SSSR count).